The molecule has 7 nitrogen and oxygen atoms in total. The van der Waals surface area contributed by atoms with E-state index in [9.17, 15) is 19.1 Å². The molecule has 3 N–H and O–H groups in total. The smallest absolute Gasteiger partial charge is 0.268 e. The lowest BCUT2D eigenvalue weighted by Crippen LogP contribution is -2.52. The molecule has 0 aliphatic carbocycles. The maximum atomic E-state index is 14.4. The van der Waals surface area contributed by atoms with Gasteiger partial charge in [-0.2, -0.15) is 0 Å². The molecule has 2 aromatic heterocycles. The van der Waals surface area contributed by atoms with Crippen molar-refractivity contribution >= 4 is 46.0 Å². The number of hydrogen-bond acceptors (Lipinski definition) is 4. The topological polar surface area (TPSA) is 98.3 Å². The van der Waals surface area contributed by atoms with Crippen molar-refractivity contribution < 1.29 is 19.1 Å². The zero-order valence-electron chi connectivity index (χ0n) is 16.9. The Morgan fingerprint density at radius 3 is 2.69 bits per heavy atom. The molecule has 0 saturated carbocycles. The highest BCUT2D eigenvalue weighted by atomic mass is 35.5. The van der Waals surface area contributed by atoms with Crippen LogP contribution in [-0.2, 0) is 11.2 Å². The molecule has 0 spiro atoms. The Morgan fingerprint density at radius 2 is 1.97 bits per heavy atom. The SMILES string of the molecule is O=C(NC(Cc1ccc(Cl)cc1F)C(=O)N1CCC(O)CC1)c1cc2cc(Cl)cnc2[nH]1. The molecule has 32 heavy (non-hydrogen) atoms. The van der Waals surface area contributed by atoms with Crippen LogP contribution in [0, 0.1) is 5.82 Å². The summed E-state index contributed by atoms with van der Waals surface area (Å²) in [5.74, 6) is -1.41. The first-order valence-corrected chi connectivity index (χ1v) is 10.9. The molecule has 10 heteroatoms. The normalized spacial score (nSPS) is 15.7. The first-order chi connectivity index (χ1) is 15.3. The second-order valence-electron chi connectivity index (χ2n) is 7.80. The van der Waals surface area contributed by atoms with Gasteiger partial charge in [0.25, 0.3) is 5.91 Å². The van der Waals surface area contributed by atoms with Gasteiger partial charge in [-0.1, -0.05) is 29.3 Å². The molecule has 1 fully saturated rings. The van der Waals surface area contributed by atoms with Crippen molar-refractivity contribution in [1.82, 2.24) is 20.2 Å². The van der Waals surface area contributed by atoms with Crippen molar-refractivity contribution in [3.63, 3.8) is 0 Å². The van der Waals surface area contributed by atoms with Crippen LogP contribution in [-0.4, -0.2) is 57.0 Å². The van der Waals surface area contributed by atoms with Crippen molar-refractivity contribution in [1.29, 1.82) is 0 Å². The molecule has 1 saturated heterocycles. The summed E-state index contributed by atoms with van der Waals surface area (Å²) in [6.07, 6.45) is 1.87. The number of aromatic nitrogens is 2. The van der Waals surface area contributed by atoms with E-state index in [0.717, 1.165) is 0 Å². The van der Waals surface area contributed by atoms with Gasteiger partial charge in [0.15, 0.2) is 0 Å². The lowest BCUT2D eigenvalue weighted by atomic mass is 10.0. The number of aromatic amines is 1. The average molecular weight is 479 g/mol. The average Bonchev–Trinajstić information content (AvgIpc) is 3.18. The van der Waals surface area contributed by atoms with Gasteiger partial charge in [-0.05, 0) is 42.7 Å². The molecule has 0 bridgehead atoms. The predicted octanol–water partition coefficient (Wildman–Crippen LogP) is 3.33. The summed E-state index contributed by atoms with van der Waals surface area (Å²) in [7, 11) is 0. The third-order valence-electron chi connectivity index (χ3n) is 5.50. The third-order valence-corrected chi connectivity index (χ3v) is 5.94. The fourth-order valence-corrected chi connectivity index (χ4v) is 4.09. The quantitative estimate of drug-likeness (QED) is 0.523. The minimum absolute atomic E-state index is 0.0447. The Bertz CT molecular complexity index is 1160. The van der Waals surface area contributed by atoms with E-state index in [1.54, 1.807) is 17.0 Å². The summed E-state index contributed by atoms with van der Waals surface area (Å²) in [6, 6.07) is 6.46. The Balaban J connectivity index is 1.58. The van der Waals surface area contributed by atoms with Gasteiger partial charge in [-0.25, -0.2) is 9.37 Å². The summed E-state index contributed by atoms with van der Waals surface area (Å²) >= 11 is 11.8. The van der Waals surface area contributed by atoms with E-state index in [-0.39, 0.29) is 28.6 Å². The zero-order valence-corrected chi connectivity index (χ0v) is 18.5. The summed E-state index contributed by atoms with van der Waals surface area (Å²) in [4.78, 5) is 34.8. The molecule has 1 aliphatic heterocycles. The highest BCUT2D eigenvalue weighted by molar-refractivity contribution is 6.31. The first-order valence-electron chi connectivity index (χ1n) is 10.2. The number of carbonyl (C=O) groups is 2. The number of benzene rings is 1. The van der Waals surface area contributed by atoms with E-state index in [4.69, 9.17) is 23.2 Å². The van der Waals surface area contributed by atoms with Gasteiger partial charge in [-0.3, -0.25) is 9.59 Å². The maximum absolute atomic E-state index is 14.4. The monoisotopic (exact) mass is 478 g/mol. The molecule has 3 heterocycles. The first kappa shape index (κ1) is 22.5. The summed E-state index contributed by atoms with van der Waals surface area (Å²) in [6.45, 7) is 0.731. The lowest BCUT2D eigenvalue weighted by molar-refractivity contribution is -0.135. The fourth-order valence-electron chi connectivity index (χ4n) is 3.76. The number of piperidine rings is 1. The molecular formula is C22H21Cl2FN4O3. The van der Waals surface area contributed by atoms with Crippen LogP contribution in [0.5, 0.6) is 0 Å². The van der Waals surface area contributed by atoms with Crippen molar-refractivity contribution in [2.24, 2.45) is 0 Å². The number of likely N-dealkylation sites (tertiary alicyclic amines) is 1. The van der Waals surface area contributed by atoms with Crippen LogP contribution in [0.2, 0.25) is 10.0 Å². The molecule has 1 unspecified atom stereocenters. The Kier molecular flexibility index (Phi) is 6.64. The number of pyridine rings is 1. The van der Waals surface area contributed by atoms with Crippen molar-refractivity contribution in [2.45, 2.75) is 31.4 Å². The second-order valence-corrected chi connectivity index (χ2v) is 8.67. The number of H-pyrrole nitrogens is 1. The molecule has 4 rings (SSSR count). The molecule has 2 amide bonds. The zero-order chi connectivity index (χ0) is 22.8. The van der Waals surface area contributed by atoms with Crippen LogP contribution in [0.15, 0.2) is 36.5 Å². The molecule has 168 valence electrons. The van der Waals surface area contributed by atoms with E-state index in [2.05, 4.69) is 15.3 Å². The van der Waals surface area contributed by atoms with Crippen LogP contribution in [0.4, 0.5) is 4.39 Å². The van der Waals surface area contributed by atoms with Gasteiger partial charge in [0.05, 0.1) is 11.1 Å². The number of fused-ring (bicyclic) bond motifs is 1. The van der Waals surface area contributed by atoms with Crippen molar-refractivity contribution in [3.8, 4) is 0 Å². The molecule has 1 atom stereocenters. The number of halogens is 3. The van der Waals surface area contributed by atoms with Gasteiger partial charge in [0.2, 0.25) is 5.91 Å². The van der Waals surface area contributed by atoms with Gasteiger partial charge in [0.1, 0.15) is 23.2 Å². The number of nitrogens with one attached hydrogen (secondary N) is 2. The number of amides is 2. The molecule has 1 aliphatic rings. The standard InChI is InChI=1S/C22H21Cl2FN4O3/c23-14-2-1-12(17(25)10-14)8-19(22(32)29-5-3-16(30)4-6-29)28-21(31)18-9-13-7-15(24)11-26-20(13)27-18/h1-2,7,9-11,16,19,30H,3-6,8H2,(H,26,27)(H,28,31). The van der Waals surface area contributed by atoms with Crippen molar-refractivity contribution in [3.05, 3.63) is 63.6 Å². The minimum Gasteiger partial charge on any atom is -0.393 e. The van der Waals surface area contributed by atoms with E-state index >= 15 is 0 Å². The lowest BCUT2D eigenvalue weighted by Gasteiger charge is -2.32. The highest BCUT2D eigenvalue weighted by Crippen LogP contribution is 2.20. The molecule has 3 aromatic rings. The number of aliphatic hydroxyl groups excluding tert-OH is 1. The highest BCUT2D eigenvalue weighted by Gasteiger charge is 2.30. The van der Waals surface area contributed by atoms with Crippen molar-refractivity contribution in [2.75, 3.05) is 13.1 Å². The Labute approximate surface area is 193 Å². The predicted molar refractivity (Wildman–Crippen MR) is 119 cm³/mol. The van der Waals surface area contributed by atoms with E-state index in [1.807, 2.05) is 0 Å². The Hall–Kier alpha value is -2.68. The molecule has 1 aromatic carbocycles. The number of rotatable bonds is 5. The summed E-state index contributed by atoms with van der Waals surface area (Å²) < 4.78 is 14.4. The maximum Gasteiger partial charge on any atom is 0.268 e. The van der Waals surface area contributed by atoms with Crippen LogP contribution < -0.4 is 5.32 Å². The van der Waals surface area contributed by atoms with E-state index < -0.39 is 23.9 Å². The number of hydrogen-bond donors (Lipinski definition) is 3. The van der Waals surface area contributed by atoms with Crippen LogP contribution in [0.3, 0.4) is 0 Å². The van der Waals surface area contributed by atoms with Crippen LogP contribution in [0.1, 0.15) is 28.9 Å². The number of carbonyl (C=O) groups excluding carboxylic acids is 2. The van der Waals surface area contributed by atoms with E-state index in [0.29, 0.717) is 42.0 Å². The molecular weight excluding hydrogens is 458 g/mol. The van der Waals surface area contributed by atoms with Gasteiger partial charge < -0.3 is 20.3 Å². The third kappa shape index (κ3) is 5.03. The molecule has 0 radical (unpaired) electrons. The minimum atomic E-state index is -1.00. The summed E-state index contributed by atoms with van der Waals surface area (Å²) in [5.41, 5.74) is 0.949. The van der Waals surface area contributed by atoms with Crippen LogP contribution in [0.25, 0.3) is 11.0 Å². The number of aliphatic hydroxyl groups is 1. The Morgan fingerprint density at radius 1 is 1.22 bits per heavy atom. The van der Waals surface area contributed by atoms with Gasteiger partial charge in [0, 0.05) is 36.1 Å². The number of nitrogens with zero attached hydrogens (tertiary/aromatic N) is 2. The van der Waals surface area contributed by atoms with E-state index in [1.165, 1.54) is 24.4 Å². The fraction of sp³-hybridized carbons (Fsp3) is 0.318. The summed E-state index contributed by atoms with van der Waals surface area (Å²) in [5, 5.41) is 13.8. The van der Waals surface area contributed by atoms with Gasteiger partial charge >= 0.3 is 0 Å². The van der Waals surface area contributed by atoms with Gasteiger partial charge in [-0.15, -0.1) is 0 Å². The van der Waals surface area contributed by atoms with Crippen LogP contribution >= 0.6 is 23.2 Å². The second kappa shape index (κ2) is 9.44. The largest absolute Gasteiger partial charge is 0.393 e.